The highest BCUT2D eigenvalue weighted by Gasteiger charge is 2.76. The van der Waals surface area contributed by atoms with Crippen LogP contribution in [0, 0.1) is 17.8 Å². The highest BCUT2D eigenvalue weighted by atomic mass is 79.9. The minimum absolute atomic E-state index is 0.0577. The fourth-order valence-corrected chi connectivity index (χ4v) is 9.21. The number of imide groups is 2. The lowest BCUT2D eigenvalue weighted by atomic mass is 9.56. The fourth-order valence-electron chi connectivity index (χ4n) is 7.79. The van der Waals surface area contributed by atoms with Gasteiger partial charge >= 0.3 is 0 Å². The summed E-state index contributed by atoms with van der Waals surface area (Å²) in [5, 5.41) is 11.9. The number of aromatic hydroxyl groups is 1. The molecule has 2 aliphatic carbocycles. The second-order valence-electron chi connectivity index (χ2n) is 11.7. The van der Waals surface area contributed by atoms with Crippen molar-refractivity contribution in [2.75, 3.05) is 10.4 Å². The van der Waals surface area contributed by atoms with Crippen LogP contribution in [0.15, 0.2) is 72.3 Å². The van der Waals surface area contributed by atoms with Gasteiger partial charge in [-0.1, -0.05) is 77.0 Å². The third-order valence-electron chi connectivity index (χ3n) is 9.86. The smallest absolute Gasteiger partial charge is 0.254 e. The summed E-state index contributed by atoms with van der Waals surface area (Å²) in [6, 6.07) is 17.8. The minimum atomic E-state index is -1.91. The molecule has 4 amide bonds. The fraction of sp³-hybridized carbons (Fsp3) is 0.333. The number of halogens is 3. The third-order valence-corrected chi connectivity index (χ3v) is 11.8. The number of phenols is 1. The Morgan fingerprint density at radius 2 is 1.60 bits per heavy atom. The first-order valence-electron chi connectivity index (χ1n) is 14.3. The number of hydrogen-bond acceptors (Lipinski definition) is 5. The molecule has 220 valence electrons. The molecule has 6 unspecified atom stereocenters. The van der Waals surface area contributed by atoms with Gasteiger partial charge in [0, 0.05) is 11.3 Å². The number of likely N-dealkylation sites (tertiary alicyclic amines) is 1. The summed E-state index contributed by atoms with van der Waals surface area (Å²) in [4.78, 5) is 54.4. The van der Waals surface area contributed by atoms with E-state index in [1.807, 2.05) is 37.3 Å². The van der Waals surface area contributed by atoms with Gasteiger partial charge in [-0.25, -0.2) is 0 Å². The van der Waals surface area contributed by atoms with Gasteiger partial charge in [-0.15, -0.1) is 23.2 Å². The van der Waals surface area contributed by atoms with Crippen LogP contribution in [-0.2, 0) is 25.6 Å². The Bertz CT molecular complexity index is 1780. The van der Waals surface area contributed by atoms with E-state index in [4.69, 9.17) is 23.2 Å². The number of aryl methyl sites for hydroxylation is 1. The van der Waals surface area contributed by atoms with Crippen molar-refractivity contribution < 1.29 is 24.3 Å². The topological polar surface area (TPSA) is 95.0 Å². The van der Waals surface area contributed by atoms with Crippen LogP contribution >= 0.6 is 39.1 Å². The standard InChI is InChI=1S/C33H27BrCl2N2O5/c1-2-17-7-9-18(10-8-17)38-28(40)23-12-11-22-24(26(23)29(38)41)15-32(35)30(42)37(16-34)31(43)33(32,36)27(22)21-13-14-25(39)20-6-4-3-5-19(20)21/h3-11,13-14,23-24,26-27,39H,2,12,15-16H2,1H3. The summed E-state index contributed by atoms with van der Waals surface area (Å²) >= 11 is 18.0. The highest BCUT2D eigenvalue weighted by Crippen LogP contribution is 2.66. The molecule has 3 aromatic carbocycles. The highest BCUT2D eigenvalue weighted by molar-refractivity contribution is 9.09. The minimum Gasteiger partial charge on any atom is -0.507 e. The van der Waals surface area contributed by atoms with Crippen LogP contribution in [0.4, 0.5) is 5.69 Å². The van der Waals surface area contributed by atoms with E-state index in [2.05, 4.69) is 15.9 Å². The third kappa shape index (κ3) is 3.66. The second kappa shape index (κ2) is 9.91. The van der Waals surface area contributed by atoms with Crippen molar-refractivity contribution in [2.45, 2.75) is 41.9 Å². The number of nitrogens with zero attached hydrogens (tertiary/aromatic N) is 2. The first kappa shape index (κ1) is 28.6. The number of allylic oxidation sites excluding steroid dienone is 2. The molecule has 6 atom stereocenters. The maximum atomic E-state index is 14.2. The summed E-state index contributed by atoms with van der Waals surface area (Å²) in [6.45, 7) is 2.03. The molecule has 0 spiro atoms. The summed E-state index contributed by atoms with van der Waals surface area (Å²) in [5.74, 6) is -4.77. The van der Waals surface area contributed by atoms with Crippen molar-refractivity contribution in [3.8, 4) is 5.75 Å². The molecule has 2 heterocycles. The van der Waals surface area contributed by atoms with Crippen LogP contribution in [0.1, 0.15) is 36.8 Å². The SMILES string of the molecule is CCc1ccc(N2C(=O)C3CC=C4C(CC5(Cl)C(=O)N(CBr)C(=O)C5(Cl)C4c4ccc(O)c5ccccc45)C3C2=O)cc1. The molecule has 43 heavy (non-hydrogen) atoms. The first-order chi connectivity index (χ1) is 20.6. The van der Waals surface area contributed by atoms with Crippen LogP contribution in [0.3, 0.4) is 0 Å². The van der Waals surface area contributed by atoms with Crippen LogP contribution in [0.5, 0.6) is 5.75 Å². The van der Waals surface area contributed by atoms with Gasteiger partial charge in [0.15, 0.2) is 9.75 Å². The van der Waals surface area contributed by atoms with Crippen LogP contribution in [0.2, 0.25) is 0 Å². The summed E-state index contributed by atoms with van der Waals surface area (Å²) in [5.41, 5.74) is 2.83. The number of phenolic OH excluding ortho intramolecular Hbond substituents is 1. The zero-order valence-electron chi connectivity index (χ0n) is 23.1. The molecule has 10 heteroatoms. The Morgan fingerprint density at radius 1 is 0.907 bits per heavy atom. The molecule has 0 radical (unpaired) electrons. The molecule has 7 rings (SSSR count). The molecule has 4 aliphatic rings. The number of carbonyl (C=O) groups excluding carboxylic acids is 4. The van der Waals surface area contributed by atoms with Crippen molar-refractivity contribution in [1.82, 2.24) is 4.90 Å². The Kier molecular flexibility index (Phi) is 6.58. The predicted octanol–water partition coefficient (Wildman–Crippen LogP) is 6.02. The van der Waals surface area contributed by atoms with E-state index in [0.29, 0.717) is 27.6 Å². The average Bonchev–Trinajstić information content (AvgIpc) is 3.35. The van der Waals surface area contributed by atoms with E-state index in [1.54, 1.807) is 36.4 Å². The van der Waals surface area contributed by atoms with Crippen molar-refractivity contribution >= 4 is 79.2 Å². The van der Waals surface area contributed by atoms with Gasteiger partial charge in [0.25, 0.3) is 11.8 Å². The second-order valence-corrected chi connectivity index (χ2v) is 13.5. The number of alkyl halides is 3. The Hall–Kier alpha value is -3.20. The van der Waals surface area contributed by atoms with E-state index >= 15 is 0 Å². The molecule has 3 aromatic rings. The van der Waals surface area contributed by atoms with E-state index in [-0.39, 0.29) is 35.9 Å². The molecular formula is C33H27BrCl2N2O5. The Labute approximate surface area is 266 Å². The van der Waals surface area contributed by atoms with Crippen molar-refractivity contribution in [3.05, 3.63) is 83.4 Å². The molecule has 3 fully saturated rings. The molecule has 7 nitrogen and oxygen atoms in total. The van der Waals surface area contributed by atoms with Crippen molar-refractivity contribution in [3.63, 3.8) is 0 Å². The molecule has 0 aromatic heterocycles. The summed E-state index contributed by atoms with van der Waals surface area (Å²) in [6.07, 6.45) is 2.95. The zero-order chi connectivity index (χ0) is 30.4. The van der Waals surface area contributed by atoms with Gasteiger partial charge in [-0.2, -0.15) is 0 Å². The first-order valence-corrected chi connectivity index (χ1v) is 16.1. The average molecular weight is 682 g/mol. The van der Waals surface area contributed by atoms with Crippen molar-refractivity contribution in [2.24, 2.45) is 17.8 Å². The lowest BCUT2D eigenvalue weighted by molar-refractivity contribution is -0.138. The lowest BCUT2D eigenvalue weighted by Crippen LogP contribution is -2.60. The van der Waals surface area contributed by atoms with Crippen molar-refractivity contribution in [1.29, 1.82) is 0 Å². The Balaban J connectivity index is 1.42. The van der Waals surface area contributed by atoms with Crippen LogP contribution in [-0.4, -0.2) is 48.8 Å². The molecule has 2 saturated heterocycles. The van der Waals surface area contributed by atoms with Gasteiger partial charge in [-0.3, -0.25) is 29.0 Å². The summed E-state index contributed by atoms with van der Waals surface area (Å²) < 4.78 is 0. The van der Waals surface area contributed by atoms with E-state index in [9.17, 15) is 24.3 Å². The van der Waals surface area contributed by atoms with E-state index < -0.39 is 45.2 Å². The largest absolute Gasteiger partial charge is 0.507 e. The molecule has 1 N–H and O–H groups in total. The number of hydrogen-bond donors (Lipinski definition) is 1. The number of amides is 4. The lowest BCUT2D eigenvalue weighted by Gasteiger charge is -2.51. The molecular weight excluding hydrogens is 655 g/mol. The number of anilines is 1. The number of carbonyl (C=O) groups is 4. The van der Waals surface area contributed by atoms with Gasteiger partial charge in [-0.05, 0) is 59.9 Å². The van der Waals surface area contributed by atoms with Crippen LogP contribution < -0.4 is 4.90 Å². The predicted molar refractivity (Wildman–Crippen MR) is 167 cm³/mol. The van der Waals surface area contributed by atoms with E-state index in [1.165, 1.54) is 4.90 Å². The van der Waals surface area contributed by atoms with Gasteiger partial charge in [0.05, 0.1) is 23.0 Å². The number of benzene rings is 3. The number of fused-ring (bicyclic) bond motifs is 5. The normalized spacial score (nSPS) is 31.8. The molecule has 2 aliphatic heterocycles. The summed E-state index contributed by atoms with van der Waals surface area (Å²) in [7, 11) is 0. The maximum Gasteiger partial charge on any atom is 0.254 e. The van der Waals surface area contributed by atoms with E-state index in [0.717, 1.165) is 16.9 Å². The number of rotatable bonds is 4. The molecule has 1 saturated carbocycles. The molecule has 0 bridgehead atoms. The monoisotopic (exact) mass is 680 g/mol. The van der Waals surface area contributed by atoms with Crippen LogP contribution in [0.25, 0.3) is 10.8 Å². The zero-order valence-corrected chi connectivity index (χ0v) is 26.2. The van der Waals surface area contributed by atoms with Gasteiger partial charge in [0.1, 0.15) is 5.75 Å². The maximum absolute atomic E-state index is 14.2. The van der Waals surface area contributed by atoms with Gasteiger partial charge < -0.3 is 5.11 Å². The quantitative estimate of drug-likeness (QED) is 0.157. The van der Waals surface area contributed by atoms with Gasteiger partial charge in [0.2, 0.25) is 11.8 Å². The Morgan fingerprint density at radius 3 is 2.28 bits per heavy atom.